The third-order valence-electron chi connectivity index (χ3n) is 2.31. The van der Waals surface area contributed by atoms with E-state index in [1.807, 2.05) is 0 Å². The lowest BCUT2D eigenvalue weighted by molar-refractivity contribution is 0.230. The number of rotatable bonds is 3. The van der Waals surface area contributed by atoms with Crippen molar-refractivity contribution in [3.63, 3.8) is 0 Å². The minimum atomic E-state index is 0.789. The van der Waals surface area contributed by atoms with Gasteiger partial charge in [-0.1, -0.05) is 13.8 Å². The third-order valence-corrected chi connectivity index (χ3v) is 2.31. The molecule has 11 heavy (non-hydrogen) atoms. The molecule has 1 fully saturated rings. The van der Waals surface area contributed by atoms with E-state index in [4.69, 9.17) is 0 Å². The lowest BCUT2D eigenvalue weighted by atomic mass is 10.1. The van der Waals surface area contributed by atoms with Crippen molar-refractivity contribution >= 4 is 0 Å². The van der Waals surface area contributed by atoms with E-state index in [1.54, 1.807) is 0 Å². The van der Waals surface area contributed by atoms with Gasteiger partial charge in [-0.15, -0.1) is 0 Å². The lowest BCUT2D eigenvalue weighted by Crippen LogP contribution is -2.35. The average molecular weight is 156 g/mol. The van der Waals surface area contributed by atoms with Gasteiger partial charge in [-0.05, 0) is 25.9 Å². The van der Waals surface area contributed by atoms with E-state index in [1.165, 1.54) is 26.1 Å². The zero-order chi connectivity index (χ0) is 8.27. The van der Waals surface area contributed by atoms with Gasteiger partial charge < -0.3 is 10.2 Å². The number of likely N-dealkylation sites (N-methyl/N-ethyl adjacent to an activating group) is 1. The molecule has 0 aromatic heterocycles. The van der Waals surface area contributed by atoms with Crippen LogP contribution in [0.3, 0.4) is 0 Å². The van der Waals surface area contributed by atoms with Crippen molar-refractivity contribution in [2.45, 2.75) is 26.3 Å². The SMILES string of the molecule is CC(C)CN(C)C1CCNC1. The van der Waals surface area contributed by atoms with Crippen molar-refractivity contribution in [1.82, 2.24) is 10.2 Å². The highest BCUT2D eigenvalue weighted by molar-refractivity contribution is 4.78. The van der Waals surface area contributed by atoms with E-state index < -0.39 is 0 Å². The normalized spacial score (nSPS) is 25.4. The topological polar surface area (TPSA) is 15.3 Å². The smallest absolute Gasteiger partial charge is 0.0229 e. The van der Waals surface area contributed by atoms with Gasteiger partial charge >= 0.3 is 0 Å². The minimum absolute atomic E-state index is 0.789. The maximum Gasteiger partial charge on any atom is 0.0229 e. The second-order valence-electron chi connectivity index (χ2n) is 3.98. The molecule has 2 nitrogen and oxygen atoms in total. The first kappa shape index (κ1) is 9.01. The Labute approximate surface area is 70.0 Å². The summed E-state index contributed by atoms with van der Waals surface area (Å²) in [6.07, 6.45) is 1.32. The molecule has 1 N–H and O–H groups in total. The Morgan fingerprint density at radius 1 is 1.55 bits per heavy atom. The highest BCUT2D eigenvalue weighted by Gasteiger charge is 2.18. The molecule has 1 rings (SSSR count). The van der Waals surface area contributed by atoms with Crippen LogP contribution in [0, 0.1) is 5.92 Å². The Hall–Kier alpha value is -0.0800. The van der Waals surface area contributed by atoms with E-state index in [0.29, 0.717) is 0 Å². The molecule has 2 heteroatoms. The van der Waals surface area contributed by atoms with Gasteiger partial charge in [0.1, 0.15) is 0 Å². The van der Waals surface area contributed by atoms with Crippen molar-refractivity contribution in [2.75, 3.05) is 26.7 Å². The van der Waals surface area contributed by atoms with Gasteiger partial charge in [0.15, 0.2) is 0 Å². The molecular formula is C9H20N2. The predicted molar refractivity (Wildman–Crippen MR) is 48.7 cm³/mol. The molecule has 0 aromatic carbocycles. The lowest BCUT2D eigenvalue weighted by Gasteiger charge is -2.24. The number of hydrogen-bond donors (Lipinski definition) is 1. The summed E-state index contributed by atoms with van der Waals surface area (Å²) in [7, 11) is 2.23. The van der Waals surface area contributed by atoms with Crippen LogP contribution in [0.1, 0.15) is 20.3 Å². The van der Waals surface area contributed by atoms with Gasteiger partial charge in [0, 0.05) is 19.1 Å². The van der Waals surface area contributed by atoms with Crippen molar-refractivity contribution in [3.05, 3.63) is 0 Å². The van der Waals surface area contributed by atoms with Crippen LogP contribution in [0.25, 0.3) is 0 Å². The highest BCUT2D eigenvalue weighted by atomic mass is 15.2. The molecular weight excluding hydrogens is 136 g/mol. The molecule has 1 unspecified atom stereocenters. The van der Waals surface area contributed by atoms with Crippen LogP contribution in [-0.2, 0) is 0 Å². The Morgan fingerprint density at radius 2 is 2.27 bits per heavy atom. The zero-order valence-corrected chi connectivity index (χ0v) is 7.93. The van der Waals surface area contributed by atoms with Crippen molar-refractivity contribution in [3.8, 4) is 0 Å². The molecule has 0 amide bonds. The molecule has 0 spiro atoms. The first-order chi connectivity index (χ1) is 5.20. The summed E-state index contributed by atoms with van der Waals surface area (Å²) in [5.74, 6) is 0.792. The largest absolute Gasteiger partial charge is 0.315 e. The fourth-order valence-electron chi connectivity index (χ4n) is 1.74. The Bertz CT molecular complexity index is 106. The van der Waals surface area contributed by atoms with Crippen molar-refractivity contribution in [1.29, 1.82) is 0 Å². The van der Waals surface area contributed by atoms with E-state index in [-0.39, 0.29) is 0 Å². The maximum atomic E-state index is 3.38. The van der Waals surface area contributed by atoms with Crippen LogP contribution < -0.4 is 5.32 Å². The van der Waals surface area contributed by atoms with Gasteiger partial charge in [0.05, 0.1) is 0 Å². The standard InChI is InChI=1S/C9H20N2/c1-8(2)7-11(3)9-4-5-10-6-9/h8-10H,4-7H2,1-3H3. The summed E-state index contributed by atoms with van der Waals surface area (Å²) in [5.41, 5.74) is 0. The number of hydrogen-bond acceptors (Lipinski definition) is 2. The molecule has 0 bridgehead atoms. The molecule has 1 saturated heterocycles. The first-order valence-electron chi connectivity index (χ1n) is 4.61. The molecule has 0 saturated carbocycles. The quantitative estimate of drug-likeness (QED) is 0.654. The highest BCUT2D eigenvalue weighted by Crippen LogP contribution is 2.07. The Morgan fingerprint density at radius 3 is 2.73 bits per heavy atom. The van der Waals surface area contributed by atoms with Gasteiger partial charge in [-0.25, -0.2) is 0 Å². The van der Waals surface area contributed by atoms with E-state index >= 15 is 0 Å². The van der Waals surface area contributed by atoms with Gasteiger partial charge in [-0.3, -0.25) is 0 Å². The number of nitrogens with one attached hydrogen (secondary N) is 1. The molecule has 0 radical (unpaired) electrons. The second kappa shape index (κ2) is 4.07. The molecule has 1 aliphatic heterocycles. The van der Waals surface area contributed by atoms with Crippen LogP contribution in [0.5, 0.6) is 0 Å². The molecule has 1 heterocycles. The second-order valence-corrected chi connectivity index (χ2v) is 3.98. The summed E-state index contributed by atoms with van der Waals surface area (Å²) in [6.45, 7) is 8.17. The first-order valence-corrected chi connectivity index (χ1v) is 4.61. The number of nitrogens with zero attached hydrogens (tertiary/aromatic N) is 1. The van der Waals surface area contributed by atoms with Gasteiger partial charge in [-0.2, -0.15) is 0 Å². The summed E-state index contributed by atoms with van der Waals surface area (Å²) < 4.78 is 0. The summed E-state index contributed by atoms with van der Waals surface area (Å²) >= 11 is 0. The summed E-state index contributed by atoms with van der Waals surface area (Å²) in [4.78, 5) is 2.48. The van der Waals surface area contributed by atoms with Crippen LogP contribution in [0.15, 0.2) is 0 Å². The van der Waals surface area contributed by atoms with E-state index in [9.17, 15) is 0 Å². The minimum Gasteiger partial charge on any atom is -0.315 e. The summed E-state index contributed by atoms with van der Waals surface area (Å²) in [6, 6.07) is 0.789. The van der Waals surface area contributed by atoms with E-state index in [2.05, 4.69) is 31.1 Å². The van der Waals surface area contributed by atoms with E-state index in [0.717, 1.165) is 12.0 Å². The summed E-state index contributed by atoms with van der Waals surface area (Å²) in [5, 5.41) is 3.38. The van der Waals surface area contributed by atoms with Crippen LogP contribution in [0.2, 0.25) is 0 Å². The fourth-order valence-corrected chi connectivity index (χ4v) is 1.74. The average Bonchev–Trinajstić information content (AvgIpc) is 2.35. The zero-order valence-electron chi connectivity index (χ0n) is 7.93. The third kappa shape index (κ3) is 2.80. The van der Waals surface area contributed by atoms with Crippen molar-refractivity contribution < 1.29 is 0 Å². The molecule has 1 atom stereocenters. The van der Waals surface area contributed by atoms with Gasteiger partial charge in [0.2, 0.25) is 0 Å². The van der Waals surface area contributed by atoms with Crippen LogP contribution in [0.4, 0.5) is 0 Å². The Kier molecular flexibility index (Phi) is 3.34. The molecule has 66 valence electrons. The fraction of sp³-hybridized carbons (Fsp3) is 1.00. The van der Waals surface area contributed by atoms with Crippen LogP contribution in [-0.4, -0.2) is 37.6 Å². The van der Waals surface area contributed by atoms with Crippen molar-refractivity contribution in [2.24, 2.45) is 5.92 Å². The van der Waals surface area contributed by atoms with Crippen LogP contribution >= 0.6 is 0 Å². The molecule has 0 aliphatic carbocycles. The predicted octanol–water partition coefficient (Wildman–Crippen LogP) is 0.936. The molecule has 1 aliphatic rings. The monoisotopic (exact) mass is 156 g/mol. The Balaban J connectivity index is 2.22. The van der Waals surface area contributed by atoms with Gasteiger partial charge in [0.25, 0.3) is 0 Å². The maximum absolute atomic E-state index is 3.38. The molecule has 0 aromatic rings.